The molecule has 2 aromatic rings. The Morgan fingerprint density at radius 3 is 2.95 bits per heavy atom. The summed E-state index contributed by atoms with van der Waals surface area (Å²) in [5.74, 6) is 0.0120. The second-order valence-corrected chi connectivity index (χ2v) is 4.05. The van der Waals surface area contributed by atoms with Crippen LogP contribution in [0.5, 0.6) is 0 Å². The molecule has 7 heteroatoms. The Hall–Kier alpha value is -2.41. The Bertz CT molecular complexity index is 577. The number of aryl methyl sites for hydroxylation is 1. The second kappa shape index (κ2) is 5.96. The lowest BCUT2D eigenvalue weighted by molar-refractivity contribution is 0.318. The van der Waals surface area contributed by atoms with E-state index in [0.717, 1.165) is 11.3 Å². The Labute approximate surface area is 110 Å². The molecule has 0 saturated carbocycles. The molecule has 0 aromatic carbocycles. The molecule has 7 nitrogen and oxygen atoms in total. The fraction of sp³-hybridized carbons (Fsp3) is 0.250. The molecule has 19 heavy (non-hydrogen) atoms. The third-order valence-electron chi connectivity index (χ3n) is 2.79. The molecule has 0 unspecified atom stereocenters. The zero-order valence-corrected chi connectivity index (χ0v) is 10.6. The minimum Gasteiger partial charge on any atom is -0.409 e. The normalized spacial score (nSPS) is 11.7. The van der Waals surface area contributed by atoms with E-state index in [0.29, 0.717) is 18.8 Å². The number of nitrogens with zero attached hydrogens (tertiary/aromatic N) is 4. The maximum atomic E-state index is 8.72. The van der Waals surface area contributed by atoms with Gasteiger partial charge in [-0.25, -0.2) is 0 Å². The molecule has 2 heterocycles. The van der Waals surface area contributed by atoms with Crippen molar-refractivity contribution in [2.75, 3.05) is 0 Å². The molecule has 4 N–H and O–H groups in total. The van der Waals surface area contributed by atoms with Crippen molar-refractivity contribution in [3.8, 4) is 0 Å². The number of rotatable bonds is 5. The van der Waals surface area contributed by atoms with Crippen LogP contribution in [-0.4, -0.2) is 25.8 Å². The Kier molecular flexibility index (Phi) is 4.09. The zero-order chi connectivity index (χ0) is 13.7. The summed E-state index contributed by atoms with van der Waals surface area (Å²) in [5.41, 5.74) is 8.02. The highest BCUT2D eigenvalue weighted by molar-refractivity contribution is 5.96. The van der Waals surface area contributed by atoms with E-state index in [2.05, 4.69) is 20.6 Å². The topological polar surface area (TPSA) is 101 Å². The van der Waals surface area contributed by atoms with Gasteiger partial charge >= 0.3 is 0 Å². The van der Waals surface area contributed by atoms with E-state index in [4.69, 9.17) is 10.9 Å². The van der Waals surface area contributed by atoms with Crippen molar-refractivity contribution in [3.05, 3.63) is 47.5 Å². The third kappa shape index (κ3) is 3.08. The van der Waals surface area contributed by atoms with E-state index in [-0.39, 0.29) is 5.84 Å². The van der Waals surface area contributed by atoms with E-state index in [9.17, 15) is 0 Å². The molecule has 0 bridgehead atoms. The minimum atomic E-state index is 0.0120. The van der Waals surface area contributed by atoms with Crippen LogP contribution in [0.15, 0.2) is 35.7 Å². The molecule has 0 atom stereocenters. The van der Waals surface area contributed by atoms with Gasteiger partial charge in [0.2, 0.25) is 0 Å². The average molecular weight is 260 g/mol. The summed E-state index contributed by atoms with van der Waals surface area (Å²) in [5, 5.41) is 19.1. The number of hydrogen-bond acceptors (Lipinski definition) is 5. The summed E-state index contributed by atoms with van der Waals surface area (Å²) in [6.07, 6.45) is 3.36. The maximum absolute atomic E-state index is 8.72. The van der Waals surface area contributed by atoms with Crippen molar-refractivity contribution >= 4 is 5.84 Å². The lowest BCUT2D eigenvalue weighted by Crippen LogP contribution is -2.21. The van der Waals surface area contributed by atoms with E-state index in [1.807, 2.05) is 25.2 Å². The van der Waals surface area contributed by atoms with Crippen molar-refractivity contribution in [3.63, 3.8) is 0 Å². The molecule has 0 amide bonds. The first kappa shape index (κ1) is 13.0. The molecule has 2 rings (SSSR count). The van der Waals surface area contributed by atoms with Crippen LogP contribution in [-0.2, 0) is 20.1 Å². The second-order valence-electron chi connectivity index (χ2n) is 4.05. The maximum Gasteiger partial charge on any atom is 0.189 e. The van der Waals surface area contributed by atoms with Crippen molar-refractivity contribution in [1.29, 1.82) is 0 Å². The number of amidine groups is 1. The van der Waals surface area contributed by atoms with Gasteiger partial charge in [0.05, 0.1) is 5.69 Å². The van der Waals surface area contributed by atoms with Gasteiger partial charge in [-0.3, -0.25) is 9.67 Å². The SMILES string of the molecule is Cn1nccc1CNCc1cccnc1C(N)=NO. The van der Waals surface area contributed by atoms with Gasteiger partial charge in [0, 0.05) is 32.5 Å². The molecule has 2 aromatic heterocycles. The Morgan fingerprint density at radius 2 is 2.26 bits per heavy atom. The molecule has 0 radical (unpaired) electrons. The molecular weight excluding hydrogens is 244 g/mol. The number of hydrogen-bond donors (Lipinski definition) is 3. The highest BCUT2D eigenvalue weighted by Crippen LogP contribution is 2.05. The van der Waals surface area contributed by atoms with Gasteiger partial charge in [-0.05, 0) is 17.7 Å². The van der Waals surface area contributed by atoms with E-state index in [1.165, 1.54) is 0 Å². The standard InChI is InChI=1S/C12H16N6O/c1-18-10(4-6-16-18)8-14-7-9-3-2-5-15-11(9)12(13)17-19/h2-6,14,19H,7-8H2,1H3,(H2,13,17). The Balaban J connectivity index is 2.02. The molecule has 0 spiro atoms. The van der Waals surface area contributed by atoms with E-state index in [1.54, 1.807) is 17.1 Å². The molecule has 0 aliphatic rings. The Morgan fingerprint density at radius 1 is 1.42 bits per heavy atom. The summed E-state index contributed by atoms with van der Waals surface area (Å²) in [7, 11) is 1.89. The average Bonchev–Trinajstić information content (AvgIpc) is 2.84. The summed E-state index contributed by atoms with van der Waals surface area (Å²) < 4.78 is 1.81. The van der Waals surface area contributed by atoms with Gasteiger partial charge in [0.15, 0.2) is 5.84 Å². The van der Waals surface area contributed by atoms with E-state index < -0.39 is 0 Å². The summed E-state index contributed by atoms with van der Waals surface area (Å²) in [4.78, 5) is 4.11. The minimum absolute atomic E-state index is 0.0120. The van der Waals surface area contributed by atoms with Crippen LogP contribution in [0.25, 0.3) is 0 Å². The number of oxime groups is 1. The smallest absolute Gasteiger partial charge is 0.189 e. The number of pyridine rings is 1. The van der Waals surface area contributed by atoms with Gasteiger partial charge in [0.1, 0.15) is 5.69 Å². The van der Waals surface area contributed by atoms with Crippen LogP contribution in [0, 0.1) is 0 Å². The molecular formula is C12H16N6O. The molecule has 0 saturated heterocycles. The summed E-state index contributed by atoms with van der Waals surface area (Å²) in [6, 6.07) is 5.65. The molecule has 100 valence electrons. The first-order chi connectivity index (χ1) is 9.22. The predicted molar refractivity (Wildman–Crippen MR) is 70.5 cm³/mol. The van der Waals surface area contributed by atoms with Crippen LogP contribution in [0.1, 0.15) is 17.0 Å². The highest BCUT2D eigenvalue weighted by Gasteiger charge is 2.07. The van der Waals surface area contributed by atoms with Gasteiger partial charge < -0.3 is 16.3 Å². The lowest BCUT2D eigenvalue weighted by atomic mass is 10.2. The van der Waals surface area contributed by atoms with Crippen LogP contribution in [0.2, 0.25) is 0 Å². The largest absolute Gasteiger partial charge is 0.409 e. The molecule has 0 fully saturated rings. The zero-order valence-electron chi connectivity index (χ0n) is 10.6. The van der Waals surface area contributed by atoms with Gasteiger partial charge in [-0.15, -0.1) is 0 Å². The van der Waals surface area contributed by atoms with Crippen LogP contribution < -0.4 is 11.1 Å². The number of aromatic nitrogens is 3. The van der Waals surface area contributed by atoms with Gasteiger partial charge in [-0.2, -0.15) is 5.10 Å². The number of nitrogens with two attached hydrogens (primary N) is 1. The van der Waals surface area contributed by atoms with Gasteiger partial charge in [0.25, 0.3) is 0 Å². The number of nitrogens with one attached hydrogen (secondary N) is 1. The summed E-state index contributed by atoms with van der Waals surface area (Å²) >= 11 is 0. The first-order valence-corrected chi connectivity index (χ1v) is 5.81. The van der Waals surface area contributed by atoms with Gasteiger partial charge in [-0.1, -0.05) is 11.2 Å². The van der Waals surface area contributed by atoms with E-state index >= 15 is 0 Å². The monoisotopic (exact) mass is 260 g/mol. The fourth-order valence-electron chi connectivity index (χ4n) is 1.76. The highest BCUT2D eigenvalue weighted by atomic mass is 16.4. The van der Waals surface area contributed by atoms with Crippen LogP contribution in [0.4, 0.5) is 0 Å². The molecule has 0 aliphatic carbocycles. The van der Waals surface area contributed by atoms with Crippen molar-refractivity contribution in [2.45, 2.75) is 13.1 Å². The van der Waals surface area contributed by atoms with Crippen LogP contribution >= 0.6 is 0 Å². The molecule has 0 aliphatic heterocycles. The first-order valence-electron chi connectivity index (χ1n) is 5.81. The van der Waals surface area contributed by atoms with Crippen molar-refractivity contribution < 1.29 is 5.21 Å². The predicted octanol–water partition coefficient (Wildman–Crippen LogP) is 0.199. The lowest BCUT2D eigenvalue weighted by Gasteiger charge is -2.08. The van der Waals surface area contributed by atoms with Crippen molar-refractivity contribution in [1.82, 2.24) is 20.1 Å². The summed E-state index contributed by atoms with van der Waals surface area (Å²) in [6.45, 7) is 1.26. The quantitative estimate of drug-likeness (QED) is 0.308. The van der Waals surface area contributed by atoms with Crippen molar-refractivity contribution in [2.24, 2.45) is 17.9 Å². The third-order valence-corrected chi connectivity index (χ3v) is 2.79. The van der Waals surface area contributed by atoms with Crippen LogP contribution in [0.3, 0.4) is 0 Å². The fourth-order valence-corrected chi connectivity index (χ4v) is 1.76.